The molecule has 2 heteroatoms. The van der Waals surface area contributed by atoms with Gasteiger partial charge in [0.15, 0.2) is 0 Å². The van der Waals surface area contributed by atoms with E-state index in [1.165, 1.54) is 95.9 Å². The van der Waals surface area contributed by atoms with Gasteiger partial charge < -0.3 is 5.11 Å². The van der Waals surface area contributed by atoms with Gasteiger partial charge >= 0.3 is 28.4 Å². The number of phenolic OH excluding ortho intramolecular Hbond substituents is 1. The number of phenols is 1. The summed E-state index contributed by atoms with van der Waals surface area (Å²) in [5.74, 6) is 0.399. The SMILES string of the molecule is CC(C)(C)c1ccc(O)c(C(C)(C)C)c1.CCc1cc2c(-c3ccc(C(C)(C)C)cc3)cccc2[cH-]1.CCc1cc2c(-c3ccc(C(C)(C)C)cc3)cccc2[cH-]1.[CH2]=[Zr+2]. The third-order valence-corrected chi connectivity index (χ3v) is 11.2. The average Bonchev–Trinajstić information content (AvgIpc) is 3.82. The summed E-state index contributed by atoms with van der Waals surface area (Å²) in [6.07, 6.45) is 2.19. The van der Waals surface area contributed by atoms with Crippen LogP contribution in [0.5, 0.6) is 5.75 Å². The van der Waals surface area contributed by atoms with Crippen molar-refractivity contribution in [2.45, 2.75) is 131 Å². The Bertz CT molecular complexity index is 2270. The first-order valence-electron chi connectivity index (χ1n) is 21.4. The molecule has 1 N–H and O–H groups in total. The van der Waals surface area contributed by atoms with Crippen LogP contribution in [0.4, 0.5) is 0 Å². The number of hydrogen-bond donors (Lipinski definition) is 1. The van der Waals surface area contributed by atoms with Crippen LogP contribution in [0, 0.1) is 0 Å². The Morgan fingerprint density at radius 3 is 1.14 bits per heavy atom. The number of benzene rings is 5. The summed E-state index contributed by atoms with van der Waals surface area (Å²) in [6, 6.07) is 46.5. The van der Waals surface area contributed by atoms with Gasteiger partial charge in [0.2, 0.25) is 0 Å². The molecule has 0 aromatic heterocycles. The van der Waals surface area contributed by atoms with Gasteiger partial charge in [-0.15, -0.1) is 69.1 Å². The average molecular weight is 862 g/mol. The Labute approximate surface area is 373 Å². The molecule has 0 radical (unpaired) electrons. The zero-order chi connectivity index (χ0) is 43.9. The van der Waals surface area contributed by atoms with Crippen molar-refractivity contribution in [3.63, 3.8) is 0 Å². The summed E-state index contributed by atoms with van der Waals surface area (Å²) in [5.41, 5.74) is 13.7. The van der Waals surface area contributed by atoms with Crippen molar-refractivity contribution in [3.8, 4) is 28.0 Å². The van der Waals surface area contributed by atoms with Gasteiger partial charge in [-0.25, -0.2) is 0 Å². The zero-order valence-electron chi connectivity index (χ0n) is 38.7. The summed E-state index contributed by atoms with van der Waals surface area (Å²) in [4.78, 5) is 0. The standard InChI is InChI=1S/2C21H23.C14H22O.CH2.Zr/c2*1-5-15-13-17-7-6-8-19(20(17)14-15)16-9-11-18(12-10-16)21(2,3)4;1-13(2,3)10-7-8-12(15)11(9-10)14(4,5)6;;/h2*6-14H,5H2,1-4H3;7-9,15H,1-6H3;1H2;/q2*-1;;;+2. The summed E-state index contributed by atoms with van der Waals surface area (Å²) < 4.78 is 3.34. The van der Waals surface area contributed by atoms with Crippen molar-refractivity contribution in [3.05, 3.63) is 161 Å². The van der Waals surface area contributed by atoms with E-state index in [1.54, 1.807) is 6.07 Å². The number of rotatable bonds is 4. The van der Waals surface area contributed by atoms with Crippen LogP contribution in [-0.2, 0) is 58.7 Å². The fourth-order valence-electron chi connectivity index (χ4n) is 7.41. The Morgan fingerprint density at radius 2 is 0.814 bits per heavy atom. The van der Waals surface area contributed by atoms with Gasteiger partial charge in [-0.3, -0.25) is 0 Å². The summed E-state index contributed by atoms with van der Waals surface area (Å²) >= 11 is 1.30. The third-order valence-electron chi connectivity index (χ3n) is 11.2. The fraction of sp³-hybridized carbons (Fsp3) is 0.351. The molecule has 7 aromatic carbocycles. The molecule has 0 spiro atoms. The number of aromatic hydroxyl groups is 1. The van der Waals surface area contributed by atoms with E-state index >= 15 is 0 Å². The van der Waals surface area contributed by atoms with Crippen LogP contribution in [0.15, 0.2) is 127 Å². The molecule has 0 aliphatic rings. The van der Waals surface area contributed by atoms with Gasteiger partial charge in [0.25, 0.3) is 0 Å². The topological polar surface area (TPSA) is 20.2 Å². The molecule has 7 aromatic rings. The number of aryl methyl sites for hydroxylation is 2. The van der Waals surface area contributed by atoms with Gasteiger partial charge in [-0.2, -0.15) is 12.1 Å². The first-order valence-corrected chi connectivity index (χ1v) is 23.1. The Hall–Kier alpha value is -4.13. The van der Waals surface area contributed by atoms with Crippen molar-refractivity contribution < 1.29 is 29.3 Å². The fourth-order valence-corrected chi connectivity index (χ4v) is 7.41. The second kappa shape index (κ2) is 19.5. The molecule has 308 valence electrons. The molecular formula is C57H70OZr. The molecule has 0 aliphatic heterocycles. The van der Waals surface area contributed by atoms with Gasteiger partial charge in [0.05, 0.1) is 0 Å². The van der Waals surface area contributed by atoms with E-state index in [4.69, 9.17) is 0 Å². The van der Waals surface area contributed by atoms with Crippen LogP contribution in [0.2, 0.25) is 0 Å². The van der Waals surface area contributed by atoms with Crippen LogP contribution >= 0.6 is 0 Å². The number of hydrogen-bond acceptors (Lipinski definition) is 1. The minimum absolute atomic E-state index is 0.00859. The Kier molecular flexibility index (Phi) is 15.7. The normalized spacial score (nSPS) is 11.9. The first-order chi connectivity index (χ1) is 27.6. The molecule has 7 rings (SSSR count). The van der Waals surface area contributed by atoms with E-state index in [0.29, 0.717) is 5.75 Å². The predicted molar refractivity (Wildman–Crippen MR) is 259 cm³/mol. The molecule has 59 heavy (non-hydrogen) atoms. The van der Waals surface area contributed by atoms with E-state index in [9.17, 15) is 5.11 Å². The second-order valence-corrected chi connectivity index (χ2v) is 19.9. The molecule has 0 aliphatic carbocycles. The van der Waals surface area contributed by atoms with Crippen LogP contribution in [0.1, 0.15) is 130 Å². The molecule has 0 bridgehead atoms. The Morgan fingerprint density at radius 1 is 0.458 bits per heavy atom. The molecule has 0 fully saturated rings. The molecule has 0 atom stereocenters. The minimum atomic E-state index is -0.00859. The van der Waals surface area contributed by atoms with Gasteiger partial charge in [-0.1, -0.05) is 181 Å². The molecule has 0 saturated heterocycles. The van der Waals surface area contributed by atoms with Crippen LogP contribution in [-0.4, -0.2) is 9.32 Å². The van der Waals surface area contributed by atoms with Gasteiger partial charge in [0.1, 0.15) is 5.75 Å². The van der Waals surface area contributed by atoms with E-state index in [1.807, 2.05) is 6.07 Å². The summed E-state index contributed by atoms with van der Waals surface area (Å²) in [7, 11) is 0. The maximum atomic E-state index is 9.84. The van der Waals surface area contributed by atoms with Crippen molar-refractivity contribution in [2.24, 2.45) is 0 Å². The van der Waals surface area contributed by atoms with E-state index in [0.717, 1.165) is 18.4 Å². The summed E-state index contributed by atoms with van der Waals surface area (Å²) in [6.45, 7) is 30.9. The quantitative estimate of drug-likeness (QED) is 0.175. The molecule has 0 unspecified atom stereocenters. The predicted octanol–water partition coefficient (Wildman–Crippen LogP) is 16.1. The van der Waals surface area contributed by atoms with E-state index in [2.05, 4.69) is 216 Å². The molecule has 0 amide bonds. The molecular weight excluding hydrogens is 792 g/mol. The van der Waals surface area contributed by atoms with Gasteiger partial charge in [-0.05, 0) is 73.9 Å². The molecule has 0 saturated carbocycles. The third kappa shape index (κ3) is 12.2. The zero-order valence-corrected chi connectivity index (χ0v) is 41.2. The molecule has 0 heterocycles. The monoisotopic (exact) mass is 860 g/mol. The van der Waals surface area contributed by atoms with Gasteiger partial charge in [0, 0.05) is 0 Å². The first kappa shape index (κ1) is 47.5. The van der Waals surface area contributed by atoms with E-state index in [-0.39, 0.29) is 21.7 Å². The maximum absolute atomic E-state index is 9.84. The van der Waals surface area contributed by atoms with Crippen LogP contribution < -0.4 is 0 Å². The second-order valence-electron chi connectivity index (χ2n) is 19.9. The van der Waals surface area contributed by atoms with Crippen LogP contribution in [0.3, 0.4) is 0 Å². The van der Waals surface area contributed by atoms with Crippen molar-refractivity contribution in [1.29, 1.82) is 0 Å². The van der Waals surface area contributed by atoms with Crippen molar-refractivity contribution in [1.82, 2.24) is 0 Å². The van der Waals surface area contributed by atoms with Crippen molar-refractivity contribution in [2.75, 3.05) is 0 Å². The number of fused-ring (bicyclic) bond motifs is 2. The Balaban J connectivity index is 0.000000195. The van der Waals surface area contributed by atoms with E-state index < -0.39 is 0 Å². The van der Waals surface area contributed by atoms with Crippen LogP contribution in [0.25, 0.3) is 43.8 Å². The molecule has 1 nitrogen and oxygen atoms in total. The van der Waals surface area contributed by atoms with Crippen molar-refractivity contribution >= 4 is 25.8 Å². The summed E-state index contributed by atoms with van der Waals surface area (Å²) in [5, 5.41) is 15.3.